The lowest BCUT2D eigenvalue weighted by molar-refractivity contribution is -0.0501. The number of halogens is 1. The third-order valence-electron chi connectivity index (χ3n) is 4.89. The standard InChI is InChI=1S/C17H18BrN8O7/c18-7-2-1-6(3-8(7)26(31)32)4-20-24-17-21-10-13(22-16(19)23-14(10)30)25(17)15-12(29)11(28)9(5-27)33-15/h1-4,9,11-12,15,27-29,31H,5H2,(H,21,24)(H3,19,22,23,30)/q-1/b20-4-/t9-,11+,12+,15+/m0/s1. The van der Waals surface area contributed by atoms with Crippen molar-refractivity contribution >= 4 is 50.9 Å². The van der Waals surface area contributed by atoms with Gasteiger partial charge in [0.25, 0.3) is 5.56 Å². The summed E-state index contributed by atoms with van der Waals surface area (Å²) in [7, 11) is 0. The van der Waals surface area contributed by atoms with Crippen LogP contribution in [0.2, 0.25) is 0 Å². The summed E-state index contributed by atoms with van der Waals surface area (Å²) in [5, 5.41) is 54.1. The molecule has 1 fully saturated rings. The first-order valence-electron chi connectivity index (χ1n) is 9.36. The number of aromatic nitrogens is 4. The van der Waals surface area contributed by atoms with Crippen molar-refractivity contribution in [3.63, 3.8) is 0 Å². The molecule has 0 amide bonds. The maximum absolute atomic E-state index is 12.3. The topological polar surface area (TPSA) is 230 Å². The van der Waals surface area contributed by atoms with Crippen LogP contribution in [0, 0.1) is 5.21 Å². The van der Waals surface area contributed by atoms with Crippen molar-refractivity contribution in [3.8, 4) is 0 Å². The first-order valence-corrected chi connectivity index (χ1v) is 10.2. The maximum atomic E-state index is 12.3. The van der Waals surface area contributed by atoms with E-state index in [9.17, 15) is 25.3 Å². The minimum atomic E-state index is -1.49. The van der Waals surface area contributed by atoms with Crippen LogP contribution >= 0.6 is 15.9 Å². The number of ether oxygens (including phenoxy) is 1. The molecule has 33 heavy (non-hydrogen) atoms. The first-order chi connectivity index (χ1) is 15.7. The predicted molar refractivity (Wildman–Crippen MR) is 119 cm³/mol. The zero-order valence-electron chi connectivity index (χ0n) is 16.5. The number of nitrogens with two attached hydrogens (primary N) is 1. The lowest BCUT2D eigenvalue weighted by Crippen LogP contribution is -2.33. The molecule has 15 nitrogen and oxygen atoms in total. The second-order valence-electron chi connectivity index (χ2n) is 7.01. The molecular formula is C17H18BrN8O7-. The van der Waals surface area contributed by atoms with Gasteiger partial charge in [0.05, 0.1) is 18.5 Å². The Hall–Kier alpha value is -3.12. The normalized spacial score (nSPS) is 23.0. The van der Waals surface area contributed by atoms with Crippen LogP contribution in [-0.2, 0) is 4.74 Å². The summed E-state index contributed by atoms with van der Waals surface area (Å²) < 4.78 is 7.09. The van der Waals surface area contributed by atoms with Gasteiger partial charge in [0, 0.05) is 4.47 Å². The molecule has 1 aliphatic rings. The van der Waals surface area contributed by atoms with Crippen LogP contribution in [0.15, 0.2) is 32.6 Å². The van der Waals surface area contributed by atoms with E-state index >= 15 is 0 Å². The van der Waals surface area contributed by atoms with Crippen molar-refractivity contribution in [2.75, 3.05) is 23.0 Å². The van der Waals surface area contributed by atoms with Crippen LogP contribution in [0.4, 0.5) is 17.6 Å². The number of imidazole rings is 1. The third-order valence-corrected chi connectivity index (χ3v) is 5.57. The Bertz CT molecular complexity index is 1260. The number of anilines is 3. The molecule has 3 aromatic rings. The Morgan fingerprint density at radius 3 is 2.82 bits per heavy atom. The zero-order chi connectivity index (χ0) is 23.9. The highest BCUT2D eigenvalue weighted by atomic mass is 79.9. The summed E-state index contributed by atoms with van der Waals surface area (Å²) in [5.74, 6) is -0.311. The Morgan fingerprint density at radius 2 is 2.15 bits per heavy atom. The number of aliphatic hydroxyl groups excluding tert-OH is 3. The summed E-state index contributed by atoms with van der Waals surface area (Å²) in [5.41, 5.74) is 7.74. The highest BCUT2D eigenvalue weighted by Crippen LogP contribution is 2.34. The quantitative estimate of drug-likeness (QED) is 0.155. The fraction of sp³-hybridized carbons (Fsp3) is 0.294. The van der Waals surface area contributed by atoms with Crippen molar-refractivity contribution in [1.82, 2.24) is 19.5 Å². The van der Waals surface area contributed by atoms with E-state index in [1.807, 2.05) is 0 Å². The second kappa shape index (κ2) is 9.02. The van der Waals surface area contributed by atoms with Crippen LogP contribution in [0.25, 0.3) is 11.2 Å². The number of rotatable bonds is 6. The fourth-order valence-corrected chi connectivity index (χ4v) is 3.73. The molecule has 176 valence electrons. The van der Waals surface area contributed by atoms with Gasteiger partial charge in [0.2, 0.25) is 11.9 Å². The predicted octanol–water partition coefficient (Wildman–Crippen LogP) is -0.785. The zero-order valence-corrected chi connectivity index (χ0v) is 18.1. The molecule has 16 heteroatoms. The number of aliphatic hydroxyl groups is 3. The van der Waals surface area contributed by atoms with Crippen molar-refractivity contribution in [2.24, 2.45) is 5.10 Å². The van der Waals surface area contributed by atoms with Crippen LogP contribution in [0.1, 0.15) is 11.8 Å². The molecule has 0 unspecified atom stereocenters. The minimum absolute atomic E-state index is 0.0519. The number of nitrogen functional groups attached to an aromatic ring is 1. The average molecular weight is 526 g/mol. The molecular weight excluding hydrogens is 508 g/mol. The Balaban J connectivity index is 1.73. The SMILES string of the molecule is Nc1nc2c(nc(N/N=C\c3ccc(Br)c(N([O-])O)c3)n2[C@@H]2O[C@@H](CO)[C@@H](O)[C@H]2O)c(=O)[nH]1. The van der Waals surface area contributed by atoms with Crippen LogP contribution in [-0.4, -0.2) is 71.2 Å². The van der Waals surface area contributed by atoms with Crippen molar-refractivity contribution < 1.29 is 25.3 Å². The summed E-state index contributed by atoms with van der Waals surface area (Å²) in [6, 6.07) is 4.48. The number of fused-ring (bicyclic) bond motifs is 1. The van der Waals surface area contributed by atoms with Gasteiger partial charge in [-0.2, -0.15) is 10.1 Å². The number of aromatic amines is 1. The minimum Gasteiger partial charge on any atom is -0.733 e. The summed E-state index contributed by atoms with van der Waals surface area (Å²) in [4.78, 5) is 22.8. The molecule has 2 aromatic heterocycles. The van der Waals surface area contributed by atoms with Gasteiger partial charge in [-0.05, 0) is 33.6 Å². The second-order valence-corrected chi connectivity index (χ2v) is 7.87. The van der Waals surface area contributed by atoms with Crippen LogP contribution in [0.5, 0.6) is 0 Å². The first kappa shape index (κ1) is 23.1. The lowest BCUT2D eigenvalue weighted by atomic mass is 10.1. The van der Waals surface area contributed by atoms with Gasteiger partial charge >= 0.3 is 0 Å². The molecule has 8 N–H and O–H groups in total. The number of benzene rings is 1. The molecule has 1 aliphatic heterocycles. The molecule has 1 aromatic carbocycles. The lowest BCUT2D eigenvalue weighted by Gasteiger charge is -2.23. The van der Waals surface area contributed by atoms with Gasteiger partial charge in [0.15, 0.2) is 17.4 Å². The Morgan fingerprint density at radius 1 is 1.39 bits per heavy atom. The van der Waals surface area contributed by atoms with E-state index < -0.39 is 36.7 Å². The van der Waals surface area contributed by atoms with E-state index in [0.29, 0.717) is 10.0 Å². The molecule has 0 aliphatic carbocycles. The van der Waals surface area contributed by atoms with E-state index in [1.54, 1.807) is 6.07 Å². The van der Waals surface area contributed by atoms with Gasteiger partial charge in [0.1, 0.15) is 18.3 Å². The van der Waals surface area contributed by atoms with Crippen molar-refractivity contribution in [1.29, 1.82) is 0 Å². The summed E-state index contributed by atoms with van der Waals surface area (Å²) in [6.45, 7) is -0.564. The molecule has 4 rings (SSSR count). The molecule has 0 bridgehead atoms. The smallest absolute Gasteiger partial charge is 0.280 e. The Labute approximate surface area is 192 Å². The summed E-state index contributed by atoms with van der Waals surface area (Å²) >= 11 is 3.14. The largest absolute Gasteiger partial charge is 0.733 e. The maximum Gasteiger partial charge on any atom is 0.280 e. The number of hydrazone groups is 1. The van der Waals surface area contributed by atoms with Crippen LogP contribution in [0.3, 0.4) is 0 Å². The van der Waals surface area contributed by atoms with E-state index in [0.717, 1.165) is 0 Å². The monoisotopic (exact) mass is 525 g/mol. The molecule has 0 saturated carbocycles. The molecule has 0 radical (unpaired) electrons. The van der Waals surface area contributed by atoms with Crippen molar-refractivity contribution in [2.45, 2.75) is 24.5 Å². The number of H-pyrrole nitrogens is 1. The van der Waals surface area contributed by atoms with Gasteiger partial charge in [-0.25, -0.2) is 10.4 Å². The number of nitrogens with one attached hydrogen (secondary N) is 2. The number of hydrogen-bond donors (Lipinski definition) is 7. The van der Waals surface area contributed by atoms with E-state index in [-0.39, 0.29) is 34.0 Å². The molecule has 1 saturated heterocycles. The highest BCUT2D eigenvalue weighted by molar-refractivity contribution is 9.10. The van der Waals surface area contributed by atoms with Gasteiger partial charge in [-0.1, -0.05) is 6.07 Å². The van der Waals surface area contributed by atoms with Gasteiger partial charge in [-0.3, -0.25) is 19.6 Å². The molecule has 3 heterocycles. The highest BCUT2D eigenvalue weighted by Gasteiger charge is 2.45. The van der Waals surface area contributed by atoms with Gasteiger partial charge < -0.3 is 36.2 Å². The van der Waals surface area contributed by atoms with E-state index in [4.69, 9.17) is 15.7 Å². The Kier molecular flexibility index (Phi) is 6.30. The number of hydrogen-bond acceptors (Lipinski definition) is 13. The van der Waals surface area contributed by atoms with Crippen molar-refractivity contribution in [3.05, 3.63) is 43.8 Å². The average Bonchev–Trinajstić information content (AvgIpc) is 3.26. The fourth-order valence-electron chi connectivity index (χ4n) is 3.34. The number of nitrogens with zero attached hydrogens (tertiary/aromatic N) is 5. The van der Waals surface area contributed by atoms with E-state index in [1.165, 1.54) is 22.9 Å². The van der Waals surface area contributed by atoms with E-state index in [2.05, 4.69) is 41.4 Å². The summed E-state index contributed by atoms with van der Waals surface area (Å²) in [6.07, 6.45) is -3.98. The third kappa shape index (κ3) is 4.27. The van der Waals surface area contributed by atoms with Crippen LogP contribution < -0.4 is 21.9 Å². The molecule has 4 atom stereocenters. The molecule has 0 spiro atoms. The van der Waals surface area contributed by atoms with Gasteiger partial charge in [-0.15, -0.1) is 0 Å².